The lowest BCUT2D eigenvalue weighted by Crippen LogP contribution is -2.14. The molecule has 1 unspecified atom stereocenters. The Morgan fingerprint density at radius 2 is 2.12 bits per heavy atom. The highest BCUT2D eigenvalue weighted by molar-refractivity contribution is 5.81. The van der Waals surface area contributed by atoms with Crippen molar-refractivity contribution in [3.05, 3.63) is 53.9 Å². The van der Waals surface area contributed by atoms with E-state index in [-0.39, 0.29) is 0 Å². The summed E-state index contributed by atoms with van der Waals surface area (Å²) in [6.07, 6.45) is 5.00. The summed E-state index contributed by atoms with van der Waals surface area (Å²) < 4.78 is 5.60. The zero-order chi connectivity index (χ0) is 16.5. The Morgan fingerprint density at radius 1 is 1.21 bits per heavy atom. The minimum Gasteiger partial charge on any atom is -0.381 e. The molecule has 1 fully saturated rings. The Balaban J connectivity index is 1.75. The van der Waals surface area contributed by atoms with E-state index in [0.29, 0.717) is 5.92 Å². The summed E-state index contributed by atoms with van der Waals surface area (Å²) in [5.41, 5.74) is 6.15. The maximum absolute atomic E-state index is 5.60. The van der Waals surface area contributed by atoms with E-state index in [1.54, 1.807) is 0 Å². The second-order valence-corrected chi connectivity index (χ2v) is 6.85. The topological polar surface area (TPSA) is 41.2 Å². The fourth-order valence-corrected chi connectivity index (χ4v) is 3.54. The van der Waals surface area contributed by atoms with Gasteiger partial charge in [-0.1, -0.05) is 12.1 Å². The van der Waals surface area contributed by atoms with Gasteiger partial charge in [0.15, 0.2) is 0 Å². The van der Waals surface area contributed by atoms with Crippen LogP contribution < -0.4 is 0 Å². The lowest BCUT2D eigenvalue weighted by atomic mass is 9.90. The minimum absolute atomic E-state index is 0.527. The van der Waals surface area contributed by atoms with Crippen LogP contribution in [0.2, 0.25) is 0 Å². The quantitative estimate of drug-likeness (QED) is 0.795. The summed E-state index contributed by atoms with van der Waals surface area (Å²) in [4.78, 5) is 9.90. The molecule has 1 aromatic carbocycles. The van der Waals surface area contributed by atoms with E-state index in [2.05, 4.69) is 59.3 Å². The maximum atomic E-state index is 5.60. The van der Waals surface area contributed by atoms with E-state index in [4.69, 9.17) is 4.74 Å². The van der Waals surface area contributed by atoms with Crippen molar-refractivity contribution in [2.75, 3.05) is 27.3 Å². The van der Waals surface area contributed by atoms with E-state index >= 15 is 0 Å². The average molecular weight is 321 g/mol. The van der Waals surface area contributed by atoms with Gasteiger partial charge in [0.05, 0.1) is 6.61 Å². The van der Waals surface area contributed by atoms with Crippen molar-refractivity contribution in [1.82, 2.24) is 14.9 Å². The highest BCUT2D eigenvalue weighted by Gasteiger charge is 2.21. The highest BCUT2D eigenvalue weighted by atomic mass is 16.5. The molecule has 0 spiro atoms. The Bertz CT molecular complexity index is 847. The number of aromatic nitrogens is 2. The lowest BCUT2D eigenvalue weighted by Gasteiger charge is -2.19. The van der Waals surface area contributed by atoms with Crippen LogP contribution in [0.5, 0.6) is 0 Å². The lowest BCUT2D eigenvalue weighted by molar-refractivity contribution is 0.193. The molecular formula is C20H23N3O. The monoisotopic (exact) mass is 321 g/mol. The summed E-state index contributed by atoms with van der Waals surface area (Å²) in [5.74, 6) is 0.527. The predicted molar refractivity (Wildman–Crippen MR) is 97.1 cm³/mol. The van der Waals surface area contributed by atoms with Crippen molar-refractivity contribution in [3.8, 4) is 11.1 Å². The summed E-state index contributed by atoms with van der Waals surface area (Å²) in [6.45, 7) is 2.66. The number of fused-ring (bicyclic) bond motifs is 1. The predicted octanol–water partition coefficient (Wildman–Crippen LogP) is 3.80. The molecule has 2 aromatic heterocycles. The first-order valence-electron chi connectivity index (χ1n) is 8.49. The van der Waals surface area contributed by atoms with Crippen LogP contribution in [0.15, 0.2) is 42.7 Å². The van der Waals surface area contributed by atoms with Crippen LogP contribution in [0.4, 0.5) is 0 Å². The second kappa shape index (κ2) is 6.38. The number of ether oxygens (including phenoxy) is 1. The van der Waals surface area contributed by atoms with Crippen LogP contribution >= 0.6 is 0 Å². The minimum atomic E-state index is 0.527. The Morgan fingerprint density at radius 3 is 2.92 bits per heavy atom. The normalized spacial score (nSPS) is 17.9. The van der Waals surface area contributed by atoms with Gasteiger partial charge in [0.2, 0.25) is 0 Å². The molecule has 1 N–H and O–H groups in total. The van der Waals surface area contributed by atoms with Gasteiger partial charge in [-0.25, -0.2) is 4.98 Å². The molecule has 0 aliphatic carbocycles. The molecular weight excluding hydrogens is 298 g/mol. The largest absolute Gasteiger partial charge is 0.381 e. The van der Waals surface area contributed by atoms with Crippen molar-refractivity contribution < 1.29 is 4.74 Å². The molecule has 24 heavy (non-hydrogen) atoms. The molecule has 1 saturated heterocycles. The fraction of sp³-hybridized carbons (Fsp3) is 0.350. The van der Waals surface area contributed by atoms with Gasteiger partial charge in [-0.3, -0.25) is 0 Å². The summed E-state index contributed by atoms with van der Waals surface area (Å²) in [6, 6.07) is 11.1. The van der Waals surface area contributed by atoms with Crippen LogP contribution in [0.3, 0.4) is 0 Å². The molecule has 0 bridgehead atoms. The van der Waals surface area contributed by atoms with Crippen molar-refractivity contribution in [2.45, 2.75) is 18.9 Å². The fourth-order valence-electron chi connectivity index (χ4n) is 3.54. The van der Waals surface area contributed by atoms with E-state index in [1.165, 1.54) is 16.7 Å². The van der Waals surface area contributed by atoms with Crippen LogP contribution in [-0.4, -0.2) is 42.2 Å². The van der Waals surface area contributed by atoms with Crippen LogP contribution in [0, 0.1) is 0 Å². The molecule has 1 atom stereocenters. The summed E-state index contributed by atoms with van der Waals surface area (Å²) in [5, 5.41) is 1.15. The molecule has 1 aliphatic rings. The van der Waals surface area contributed by atoms with Crippen molar-refractivity contribution >= 4 is 11.0 Å². The number of rotatable bonds is 4. The van der Waals surface area contributed by atoms with Gasteiger partial charge >= 0.3 is 0 Å². The SMILES string of the molecule is CN(C)Cc1cc(-c2cnc3[nH]ccc3c2)ccc1C1CCOC1. The number of benzene rings is 1. The van der Waals surface area contributed by atoms with Gasteiger partial charge in [-0.05, 0) is 55.4 Å². The van der Waals surface area contributed by atoms with Crippen molar-refractivity contribution in [1.29, 1.82) is 0 Å². The molecule has 4 nitrogen and oxygen atoms in total. The number of pyridine rings is 1. The molecule has 0 radical (unpaired) electrons. The molecule has 4 rings (SSSR count). The molecule has 3 heterocycles. The highest BCUT2D eigenvalue weighted by Crippen LogP contribution is 2.32. The average Bonchev–Trinajstić information content (AvgIpc) is 3.25. The Hall–Kier alpha value is -2.17. The number of nitrogens with one attached hydrogen (secondary N) is 1. The van der Waals surface area contributed by atoms with Gasteiger partial charge in [0.25, 0.3) is 0 Å². The third-order valence-electron chi connectivity index (χ3n) is 4.73. The molecule has 4 heteroatoms. The van der Waals surface area contributed by atoms with E-state index in [9.17, 15) is 0 Å². The van der Waals surface area contributed by atoms with Crippen molar-refractivity contribution in [3.63, 3.8) is 0 Å². The number of aromatic amines is 1. The number of H-pyrrole nitrogens is 1. The molecule has 124 valence electrons. The molecule has 1 aliphatic heterocycles. The van der Waals surface area contributed by atoms with Crippen molar-refractivity contribution in [2.24, 2.45) is 0 Å². The number of hydrogen-bond donors (Lipinski definition) is 1. The third kappa shape index (κ3) is 2.95. The molecule has 0 amide bonds. The smallest absolute Gasteiger partial charge is 0.137 e. The summed E-state index contributed by atoms with van der Waals surface area (Å²) in [7, 11) is 4.24. The van der Waals surface area contributed by atoms with Crippen LogP contribution in [0.1, 0.15) is 23.5 Å². The van der Waals surface area contributed by atoms with Gasteiger partial charge in [-0.2, -0.15) is 0 Å². The number of nitrogens with zero attached hydrogens (tertiary/aromatic N) is 2. The Kier molecular flexibility index (Phi) is 4.08. The molecule has 0 saturated carbocycles. The van der Waals surface area contributed by atoms with E-state index in [1.807, 2.05) is 12.4 Å². The van der Waals surface area contributed by atoms with Gasteiger partial charge in [0, 0.05) is 42.4 Å². The summed E-state index contributed by atoms with van der Waals surface area (Å²) >= 11 is 0. The first kappa shape index (κ1) is 15.4. The van der Waals surface area contributed by atoms with Crippen LogP contribution in [0.25, 0.3) is 22.2 Å². The first-order valence-corrected chi connectivity index (χ1v) is 8.49. The molecule has 3 aromatic rings. The standard InChI is InChI=1S/C20H23N3O/c1-23(2)12-18-9-14(3-4-19(18)16-6-8-24-13-16)17-10-15-5-7-21-20(15)22-11-17/h3-5,7,9-11,16H,6,8,12-13H2,1-2H3,(H,21,22). The van der Waals surface area contributed by atoms with Gasteiger partial charge in [-0.15, -0.1) is 0 Å². The third-order valence-corrected chi connectivity index (χ3v) is 4.73. The zero-order valence-corrected chi connectivity index (χ0v) is 14.2. The van der Waals surface area contributed by atoms with E-state index in [0.717, 1.165) is 42.8 Å². The first-order chi connectivity index (χ1) is 11.7. The van der Waals surface area contributed by atoms with Gasteiger partial charge < -0.3 is 14.6 Å². The van der Waals surface area contributed by atoms with Gasteiger partial charge in [0.1, 0.15) is 5.65 Å². The van der Waals surface area contributed by atoms with Crippen LogP contribution in [-0.2, 0) is 11.3 Å². The number of hydrogen-bond acceptors (Lipinski definition) is 3. The second-order valence-electron chi connectivity index (χ2n) is 6.85. The Labute approximate surface area is 142 Å². The maximum Gasteiger partial charge on any atom is 0.137 e. The van der Waals surface area contributed by atoms with E-state index < -0.39 is 0 Å². The zero-order valence-electron chi connectivity index (χ0n) is 14.2.